The van der Waals surface area contributed by atoms with Crippen molar-refractivity contribution in [2.24, 2.45) is 0 Å². The van der Waals surface area contributed by atoms with E-state index in [1.807, 2.05) is 0 Å². The third kappa shape index (κ3) is 58.1. The monoisotopic (exact) mass is 995 g/mol. The van der Waals surface area contributed by atoms with Crippen LogP contribution >= 0.6 is 0 Å². The van der Waals surface area contributed by atoms with E-state index in [0.29, 0.717) is 19.3 Å². The Morgan fingerprint density at radius 3 is 0.803 bits per heavy atom. The van der Waals surface area contributed by atoms with Gasteiger partial charge in [-0.2, -0.15) is 0 Å². The number of allylic oxidation sites excluding steroid dienone is 8. The fourth-order valence-corrected chi connectivity index (χ4v) is 9.09. The van der Waals surface area contributed by atoms with E-state index >= 15 is 0 Å². The molecule has 0 bridgehead atoms. The van der Waals surface area contributed by atoms with Gasteiger partial charge in [0.2, 0.25) is 0 Å². The molecule has 0 aromatic rings. The molecule has 0 aliphatic rings. The number of ether oxygens (including phenoxy) is 3. The maximum absolute atomic E-state index is 12.8. The highest BCUT2D eigenvalue weighted by Crippen LogP contribution is 2.16. The molecule has 1 atom stereocenters. The van der Waals surface area contributed by atoms with Crippen LogP contribution in [0.2, 0.25) is 0 Å². The number of rotatable bonds is 57. The highest BCUT2D eigenvalue weighted by molar-refractivity contribution is 5.71. The maximum atomic E-state index is 12.8. The zero-order chi connectivity index (χ0) is 51.4. The Morgan fingerprint density at radius 2 is 0.507 bits per heavy atom. The minimum absolute atomic E-state index is 0.0729. The molecule has 0 aliphatic heterocycles. The van der Waals surface area contributed by atoms with Gasteiger partial charge < -0.3 is 14.2 Å². The van der Waals surface area contributed by atoms with Crippen molar-refractivity contribution in [3.05, 3.63) is 48.6 Å². The van der Waals surface area contributed by atoms with Crippen LogP contribution in [0.15, 0.2) is 48.6 Å². The normalized spacial score (nSPS) is 12.3. The molecule has 0 heterocycles. The highest BCUT2D eigenvalue weighted by atomic mass is 16.6. The molecule has 0 saturated heterocycles. The quantitative estimate of drug-likeness (QED) is 0.0261. The largest absolute Gasteiger partial charge is 0.462 e. The summed E-state index contributed by atoms with van der Waals surface area (Å²) in [7, 11) is 0. The van der Waals surface area contributed by atoms with E-state index in [2.05, 4.69) is 69.4 Å². The predicted octanol–water partition coefficient (Wildman–Crippen LogP) is 21.0. The number of carbonyl (C=O) groups is 3. The number of hydrogen-bond acceptors (Lipinski definition) is 6. The van der Waals surface area contributed by atoms with Gasteiger partial charge in [0.15, 0.2) is 6.10 Å². The molecule has 0 amide bonds. The van der Waals surface area contributed by atoms with E-state index in [1.165, 1.54) is 212 Å². The van der Waals surface area contributed by atoms with Gasteiger partial charge in [0.05, 0.1) is 0 Å². The Bertz CT molecular complexity index is 1230. The Morgan fingerprint density at radius 1 is 0.282 bits per heavy atom. The molecule has 0 spiro atoms. The van der Waals surface area contributed by atoms with Gasteiger partial charge in [0, 0.05) is 19.3 Å². The summed E-state index contributed by atoms with van der Waals surface area (Å²) in [6, 6.07) is 0. The Hall–Kier alpha value is -2.63. The van der Waals surface area contributed by atoms with Crippen LogP contribution < -0.4 is 0 Å². The van der Waals surface area contributed by atoms with E-state index in [9.17, 15) is 14.4 Å². The van der Waals surface area contributed by atoms with E-state index in [4.69, 9.17) is 14.2 Å². The molecule has 0 saturated carbocycles. The van der Waals surface area contributed by atoms with Crippen molar-refractivity contribution in [3.63, 3.8) is 0 Å². The van der Waals surface area contributed by atoms with Crippen LogP contribution in [-0.2, 0) is 28.6 Å². The minimum atomic E-state index is -0.774. The SMILES string of the molecule is CCCCCCC/C=C\C/C=C\C/C=C\CCCCCCCCCCCCCCCCC(=O)OCC(COC(=O)CCCCCCCCCCC)OC(=O)CCCCCCC/C=C\CCCCCCCC. The number of esters is 3. The lowest BCUT2D eigenvalue weighted by atomic mass is 10.0. The number of hydrogen-bond donors (Lipinski definition) is 0. The van der Waals surface area contributed by atoms with Crippen molar-refractivity contribution in [2.45, 2.75) is 335 Å². The molecule has 71 heavy (non-hydrogen) atoms. The van der Waals surface area contributed by atoms with Crippen LogP contribution in [0.5, 0.6) is 0 Å². The van der Waals surface area contributed by atoms with Gasteiger partial charge in [-0.05, 0) is 83.5 Å². The molecule has 0 fully saturated rings. The summed E-state index contributed by atoms with van der Waals surface area (Å²) < 4.78 is 16.8. The summed E-state index contributed by atoms with van der Waals surface area (Å²) in [5, 5.41) is 0. The molecule has 0 rings (SSSR count). The van der Waals surface area contributed by atoms with Crippen molar-refractivity contribution in [1.82, 2.24) is 0 Å². The van der Waals surface area contributed by atoms with Crippen LogP contribution in [0.3, 0.4) is 0 Å². The second-order valence-corrected chi connectivity index (χ2v) is 21.0. The van der Waals surface area contributed by atoms with E-state index in [0.717, 1.165) is 77.0 Å². The van der Waals surface area contributed by atoms with Crippen LogP contribution in [0.25, 0.3) is 0 Å². The summed E-state index contributed by atoms with van der Waals surface area (Å²) in [5.74, 6) is -0.869. The van der Waals surface area contributed by atoms with Crippen LogP contribution in [0.1, 0.15) is 329 Å². The van der Waals surface area contributed by atoms with Crippen LogP contribution in [0.4, 0.5) is 0 Å². The smallest absolute Gasteiger partial charge is 0.306 e. The van der Waals surface area contributed by atoms with Crippen molar-refractivity contribution >= 4 is 17.9 Å². The maximum Gasteiger partial charge on any atom is 0.306 e. The van der Waals surface area contributed by atoms with Crippen molar-refractivity contribution in [1.29, 1.82) is 0 Å². The average Bonchev–Trinajstić information content (AvgIpc) is 3.37. The lowest BCUT2D eigenvalue weighted by molar-refractivity contribution is -0.167. The molecule has 0 aromatic carbocycles. The van der Waals surface area contributed by atoms with Gasteiger partial charge in [0.25, 0.3) is 0 Å². The molecule has 6 heteroatoms. The Balaban J connectivity index is 4.12. The first-order valence-corrected chi connectivity index (χ1v) is 31.1. The number of unbranched alkanes of at least 4 members (excludes halogenated alkanes) is 38. The summed E-state index contributed by atoms with van der Waals surface area (Å²) in [4.78, 5) is 38.1. The molecular weight excluding hydrogens is 877 g/mol. The second-order valence-electron chi connectivity index (χ2n) is 21.0. The predicted molar refractivity (Wildman–Crippen MR) is 307 cm³/mol. The number of carbonyl (C=O) groups excluding carboxylic acids is 3. The van der Waals surface area contributed by atoms with Crippen molar-refractivity contribution in [3.8, 4) is 0 Å². The first-order chi connectivity index (χ1) is 35.0. The van der Waals surface area contributed by atoms with Gasteiger partial charge in [-0.15, -0.1) is 0 Å². The van der Waals surface area contributed by atoms with Gasteiger partial charge in [-0.1, -0.05) is 275 Å². The third-order valence-electron chi connectivity index (χ3n) is 13.8. The van der Waals surface area contributed by atoms with Gasteiger partial charge in [-0.3, -0.25) is 14.4 Å². The summed E-state index contributed by atoms with van der Waals surface area (Å²) >= 11 is 0. The molecule has 0 radical (unpaired) electrons. The van der Waals surface area contributed by atoms with Gasteiger partial charge in [-0.25, -0.2) is 0 Å². The zero-order valence-electron chi connectivity index (χ0n) is 47.5. The molecule has 0 N–H and O–H groups in total. The fraction of sp³-hybridized carbons (Fsp3) is 0.831. The van der Waals surface area contributed by atoms with E-state index < -0.39 is 6.10 Å². The second kappa shape index (κ2) is 59.9. The molecule has 0 aromatic heterocycles. The van der Waals surface area contributed by atoms with Gasteiger partial charge in [0.1, 0.15) is 13.2 Å². The average molecular weight is 996 g/mol. The van der Waals surface area contributed by atoms with Crippen molar-refractivity contribution < 1.29 is 28.6 Å². The minimum Gasteiger partial charge on any atom is -0.462 e. The molecule has 0 aliphatic carbocycles. The third-order valence-corrected chi connectivity index (χ3v) is 13.8. The van der Waals surface area contributed by atoms with Crippen molar-refractivity contribution in [2.75, 3.05) is 13.2 Å². The van der Waals surface area contributed by atoms with Gasteiger partial charge >= 0.3 is 17.9 Å². The zero-order valence-corrected chi connectivity index (χ0v) is 47.5. The standard InChI is InChI=1S/C65H118O6/c1-4-7-10-13-16-19-21-23-25-26-27-28-29-30-31-32-33-34-35-36-37-38-40-41-43-46-49-52-55-58-64(67)70-61-62(60-69-63(66)57-54-51-48-45-18-15-12-9-6-3)71-65(68)59-56-53-50-47-44-42-39-24-22-20-17-14-11-8-5-2/h21,23-24,26-27,29-30,39,62H,4-20,22,25,28,31-38,40-61H2,1-3H3/b23-21-,27-26-,30-29-,39-24-. The lowest BCUT2D eigenvalue weighted by Crippen LogP contribution is -2.30. The summed E-state index contributed by atoms with van der Waals surface area (Å²) in [5.41, 5.74) is 0. The Labute approximate surface area is 441 Å². The molecule has 414 valence electrons. The molecule has 6 nitrogen and oxygen atoms in total. The van der Waals surface area contributed by atoms with Crippen LogP contribution in [-0.4, -0.2) is 37.2 Å². The first-order valence-electron chi connectivity index (χ1n) is 31.1. The molecular formula is C65H118O6. The molecule has 1 unspecified atom stereocenters. The summed E-state index contributed by atoms with van der Waals surface area (Å²) in [6.07, 6.45) is 74.2. The summed E-state index contributed by atoms with van der Waals surface area (Å²) in [6.45, 7) is 6.63. The lowest BCUT2D eigenvalue weighted by Gasteiger charge is -2.18. The van der Waals surface area contributed by atoms with E-state index in [1.54, 1.807) is 0 Å². The topological polar surface area (TPSA) is 78.9 Å². The Kier molecular flexibility index (Phi) is 57.7. The highest BCUT2D eigenvalue weighted by Gasteiger charge is 2.19. The van der Waals surface area contributed by atoms with Crippen LogP contribution in [0, 0.1) is 0 Å². The fourth-order valence-electron chi connectivity index (χ4n) is 9.09. The van der Waals surface area contributed by atoms with E-state index in [-0.39, 0.29) is 31.1 Å². The first kappa shape index (κ1) is 68.4.